The Bertz CT molecular complexity index is 182. The molecule has 0 aromatic heterocycles. The van der Waals surface area contributed by atoms with Gasteiger partial charge in [0, 0.05) is 6.04 Å². The first-order valence-corrected chi connectivity index (χ1v) is 5.08. The van der Waals surface area contributed by atoms with Crippen molar-refractivity contribution >= 4 is 5.97 Å². The number of aliphatic carboxylic acids is 1. The maximum Gasteiger partial charge on any atom is 0.306 e. The highest BCUT2D eigenvalue weighted by Gasteiger charge is 2.31. The second-order valence-electron chi connectivity index (χ2n) is 3.98. The van der Waals surface area contributed by atoms with Gasteiger partial charge in [0.1, 0.15) is 0 Å². The third kappa shape index (κ3) is 2.69. The zero-order chi connectivity index (χ0) is 9.84. The summed E-state index contributed by atoms with van der Waals surface area (Å²) in [7, 11) is 2.10. The quantitative estimate of drug-likeness (QED) is 0.723. The first-order valence-electron chi connectivity index (χ1n) is 5.08. The second kappa shape index (κ2) is 4.61. The summed E-state index contributed by atoms with van der Waals surface area (Å²) in [5, 5.41) is 8.82. The molecule has 3 heteroatoms. The van der Waals surface area contributed by atoms with Gasteiger partial charge >= 0.3 is 5.97 Å². The van der Waals surface area contributed by atoms with Crippen LogP contribution in [-0.2, 0) is 4.79 Å². The molecule has 0 amide bonds. The zero-order valence-electron chi connectivity index (χ0n) is 8.49. The first kappa shape index (κ1) is 10.5. The maximum atomic E-state index is 10.7. The molecule has 1 rings (SSSR count). The maximum absolute atomic E-state index is 10.7. The normalized spacial score (nSPS) is 28.2. The molecule has 0 aromatic rings. The molecule has 0 spiro atoms. The molecule has 0 saturated heterocycles. The highest BCUT2D eigenvalue weighted by atomic mass is 16.4. The fourth-order valence-corrected chi connectivity index (χ4v) is 2.12. The van der Waals surface area contributed by atoms with Crippen LogP contribution < -0.4 is 0 Å². The molecule has 1 aliphatic rings. The van der Waals surface area contributed by atoms with Crippen LogP contribution in [0.2, 0.25) is 0 Å². The lowest BCUT2D eigenvalue weighted by Gasteiger charge is -2.23. The van der Waals surface area contributed by atoms with Crippen LogP contribution in [0, 0.1) is 5.92 Å². The van der Waals surface area contributed by atoms with Gasteiger partial charge in [0.15, 0.2) is 0 Å². The fourth-order valence-electron chi connectivity index (χ4n) is 2.12. The molecule has 0 aromatic carbocycles. The number of carboxylic acid groups (broad SMARTS) is 1. The number of hydrogen-bond acceptors (Lipinski definition) is 2. The standard InChI is InChI=1S/C10H19NO2/c1-3-6-11(2)9-5-4-8(7-9)10(12)13/h8-9H,3-7H2,1-2H3,(H,12,13). The minimum absolute atomic E-state index is 0.0932. The number of hydrogen-bond donors (Lipinski definition) is 1. The Morgan fingerprint density at radius 3 is 2.69 bits per heavy atom. The van der Waals surface area contributed by atoms with E-state index in [-0.39, 0.29) is 5.92 Å². The monoisotopic (exact) mass is 185 g/mol. The summed E-state index contributed by atoms with van der Waals surface area (Å²) < 4.78 is 0. The van der Waals surface area contributed by atoms with E-state index in [4.69, 9.17) is 5.11 Å². The van der Waals surface area contributed by atoms with Crippen LogP contribution >= 0.6 is 0 Å². The van der Waals surface area contributed by atoms with Crippen LogP contribution in [0.3, 0.4) is 0 Å². The first-order chi connectivity index (χ1) is 6.15. The van der Waals surface area contributed by atoms with E-state index < -0.39 is 5.97 Å². The smallest absolute Gasteiger partial charge is 0.306 e. The highest BCUT2D eigenvalue weighted by Crippen LogP contribution is 2.28. The molecular formula is C10H19NO2. The molecule has 13 heavy (non-hydrogen) atoms. The van der Waals surface area contributed by atoms with Gasteiger partial charge in [-0.2, -0.15) is 0 Å². The topological polar surface area (TPSA) is 40.5 Å². The van der Waals surface area contributed by atoms with Gasteiger partial charge in [-0.3, -0.25) is 4.79 Å². The SMILES string of the molecule is CCCN(C)C1CCC(C(=O)O)C1. The number of nitrogens with zero attached hydrogens (tertiary/aromatic N) is 1. The van der Waals surface area contributed by atoms with Gasteiger partial charge in [-0.25, -0.2) is 0 Å². The summed E-state index contributed by atoms with van der Waals surface area (Å²) in [4.78, 5) is 13.0. The lowest BCUT2D eigenvalue weighted by Crippen LogP contribution is -2.30. The van der Waals surface area contributed by atoms with Crippen LogP contribution in [0.4, 0.5) is 0 Å². The Labute approximate surface area is 79.7 Å². The molecular weight excluding hydrogens is 166 g/mol. The Hall–Kier alpha value is -0.570. The van der Waals surface area contributed by atoms with Crippen LogP contribution in [0.5, 0.6) is 0 Å². The molecule has 0 bridgehead atoms. The number of carbonyl (C=O) groups is 1. The third-order valence-electron chi connectivity index (χ3n) is 2.95. The van der Waals surface area contributed by atoms with Crippen molar-refractivity contribution in [2.45, 2.75) is 38.6 Å². The third-order valence-corrected chi connectivity index (χ3v) is 2.95. The molecule has 1 saturated carbocycles. The van der Waals surface area contributed by atoms with E-state index in [9.17, 15) is 4.79 Å². The van der Waals surface area contributed by atoms with Crippen LogP contribution in [-0.4, -0.2) is 35.6 Å². The zero-order valence-corrected chi connectivity index (χ0v) is 8.49. The predicted molar refractivity (Wildman–Crippen MR) is 51.7 cm³/mol. The molecule has 1 aliphatic carbocycles. The summed E-state index contributed by atoms with van der Waals surface area (Å²) in [6, 6.07) is 0.501. The lowest BCUT2D eigenvalue weighted by atomic mass is 10.1. The molecule has 0 heterocycles. The number of rotatable bonds is 4. The van der Waals surface area contributed by atoms with Crippen molar-refractivity contribution in [2.24, 2.45) is 5.92 Å². The molecule has 3 nitrogen and oxygen atoms in total. The van der Waals surface area contributed by atoms with Gasteiger partial charge in [0.25, 0.3) is 0 Å². The van der Waals surface area contributed by atoms with Crippen molar-refractivity contribution in [3.8, 4) is 0 Å². The molecule has 1 N–H and O–H groups in total. The minimum Gasteiger partial charge on any atom is -0.481 e. The van der Waals surface area contributed by atoms with E-state index in [1.807, 2.05) is 0 Å². The van der Waals surface area contributed by atoms with Crippen LogP contribution in [0.1, 0.15) is 32.6 Å². The molecule has 1 fully saturated rings. The fraction of sp³-hybridized carbons (Fsp3) is 0.900. The summed E-state index contributed by atoms with van der Waals surface area (Å²) in [6.45, 7) is 3.23. The van der Waals surface area contributed by atoms with Crippen molar-refractivity contribution in [1.29, 1.82) is 0 Å². The van der Waals surface area contributed by atoms with Crippen molar-refractivity contribution in [1.82, 2.24) is 4.90 Å². The van der Waals surface area contributed by atoms with Crippen molar-refractivity contribution < 1.29 is 9.90 Å². The van der Waals surface area contributed by atoms with Gasteiger partial charge in [0.2, 0.25) is 0 Å². The number of carboxylic acids is 1. The van der Waals surface area contributed by atoms with Crippen LogP contribution in [0.25, 0.3) is 0 Å². The Kier molecular flexibility index (Phi) is 3.72. The predicted octanol–water partition coefficient (Wildman–Crippen LogP) is 1.58. The van der Waals surface area contributed by atoms with E-state index in [2.05, 4.69) is 18.9 Å². The Morgan fingerprint density at radius 2 is 2.23 bits per heavy atom. The molecule has 0 aliphatic heterocycles. The van der Waals surface area contributed by atoms with E-state index in [1.165, 1.54) is 0 Å². The van der Waals surface area contributed by atoms with E-state index in [1.54, 1.807) is 0 Å². The summed E-state index contributed by atoms with van der Waals surface area (Å²) in [5.41, 5.74) is 0. The molecule has 0 radical (unpaired) electrons. The van der Waals surface area contributed by atoms with Gasteiger partial charge in [0.05, 0.1) is 5.92 Å². The van der Waals surface area contributed by atoms with Crippen LogP contribution in [0.15, 0.2) is 0 Å². The van der Waals surface area contributed by atoms with E-state index in [0.717, 1.165) is 32.2 Å². The highest BCUT2D eigenvalue weighted by molar-refractivity contribution is 5.70. The molecule has 2 unspecified atom stereocenters. The lowest BCUT2D eigenvalue weighted by molar-refractivity contribution is -0.141. The van der Waals surface area contributed by atoms with Crippen molar-refractivity contribution in [2.75, 3.05) is 13.6 Å². The molecule has 2 atom stereocenters. The van der Waals surface area contributed by atoms with Crippen molar-refractivity contribution in [3.63, 3.8) is 0 Å². The average Bonchev–Trinajstić information content (AvgIpc) is 2.52. The average molecular weight is 185 g/mol. The summed E-state index contributed by atoms with van der Waals surface area (Å²) >= 11 is 0. The summed E-state index contributed by atoms with van der Waals surface area (Å²) in [6.07, 6.45) is 3.89. The van der Waals surface area contributed by atoms with Gasteiger partial charge in [-0.1, -0.05) is 6.92 Å². The molecule has 76 valence electrons. The van der Waals surface area contributed by atoms with Crippen molar-refractivity contribution in [3.05, 3.63) is 0 Å². The second-order valence-corrected chi connectivity index (χ2v) is 3.98. The van der Waals surface area contributed by atoms with Gasteiger partial charge < -0.3 is 10.0 Å². The minimum atomic E-state index is -0.618. The Balaban J connectivity index is 2.35. The van der Waals surface area contributed by atoms with Gasteiger partial charge in [-0.05, 0) is 39.3 Å². The van der Waals surface area contributed by atoms with Gasteiger partial charge in [-0.15, -0.1) is 0 Å². The Morgan fingerprint density at radius 1 is 1.54 bits per heavy atom. The summed E-state index contributed by atoms with van der Waals surface area (Å²) in [5.74, 6) is -0.711. The van der Waals surface area contributed by atoms with E-state index >= 15 is 0 Å². The largest absolute Gasteiger partial charge is 0.481 e. The van der Waals surface area contributed by atoms with E-state index in [0.29, 0.717) is 6.04 Å².